The van der Waals surface area contributed by atoms with Crippen LogP contribution in [0.25, 0.3) is 5.82 Å². The fourth-order valence-electron chi connectivity index (χ4n) is 1.36. The summed E-state index contributed by atoms with van der Waals surface area (Å²) >= 11 is 9.17. The van der Waals surface area contributed by atoms with Crippen LogP contribution in [0.3, 0.4) is 0 Å². The van der Waals surface area contributed by atoms with Crippen molar-refractivity contribution in [2.24, 2.45) is 0 Å². The number of aromatic nitrogens is 3. The fraction of sp³-hybridized carbons (Fsp3) is 0.182. The van der Waals surface area contributed by atoms with Crippen LogP contribution >= 0.6 is 27.5 Å². The molecule has 0 aromatic carbocycles. The van der Waals surface area contributed by atoms with Crippen LogP contribution in [0.4, 0.5) is 0 Å². The van der Waals surface area contributed by atoms with Crippen LogP contribution < -0.4 is 0 Å². The summed E-state index contributed by atoms with van der Waals surface area (Å²) in [5, 5.41) is 4.71. The van der Waals surface area contributed by atoms with Crippen molar-refractivity contribution >= 4 is 33.4 Å². The first kappa shape index (κ1) is 13.0. The number of halogens is 2. The van der Waals surface area contributed by atoms with Crippen LogP contribution in [0, 0.1) is 0 Å². The minimum Gasteiger partial charge on any atom is -0.343 e. The molecule has 0 radical (unpaired) electrons. The van der Waals surface area contributed by atoms with Gasteiger partial charge in [0.1, 0.15) is 0 Å². The molecule has 2 rings (SSSR count). The molecule has 0 saturated carbocycles. The first-order valence-electron chi connectivity index (χ1n) is 5.08. The highest BCUT2D eigenvalue weighted by Gasteiger charge is 2.13. The SMILES string of the molecule is CN(C)C(=O)c1ccn(-c2ncc(Cl)cc2Br)n1. The first-order chi connectivity index (χ1) is 8.49. The normalized spacial score (nSPS) is 10.4. The lowest BCUT2D eigenvalue weighted by Gasteiger charge is -2.07. The summed E-state index contributed by atoms with van der Waals surface area (Å²) < 4.78 is 2.24. The van der Waals surface area contributed by atoms with E-state index in [4.69, 9.17) is 11.6 Å². The molecule has 0 fully saturated rings. The summed E-state index contributed by atoms with van der Waals surface area (Å²) in [5.74, 6) is 0.427. The maximum absolute atomic E-state index is 11.7. The quantitative estimate of drug-likeness (QED) is 0.850. The van der Waals surface area contributed by atoms with Gasteiger partial charge >= 0.3 is 0 Å². The monoisotopic (exact) mass is 328 g/mol. The Hall–Kier alpha value is -1.40. The Labute approximate surface area is 118 Å². The molecule has 0 N–H and O–H groups in total. The molecular weight excluding hydrogens is 320 g/mol. The number of carbonyl (C=O) groups excluding carboxylic acids is 1. The Kier molecular flexibility index (Phi) is 3.68. The zero-order valence-electron chi connectivity index (χ0n) is 9.76. The lowest BCUT2D eigenvalue weighted by atomic mass is 10.4. The van der Waals surface area contributed by atoms with E-state index in [1.807, 2.05) is 0 Å². The van der Waals surface area contributed by atoms with Crippen LogP contribution in [0.5, 0.6) is 0 Å². The second-order valence-corrected chi connectivity index (χ2v) is 5.09. The third-order valence-electron chi connectivity index (χ3n) is 2.22. The van der Waals surface area contributed by atoms with Crippen molar-refractivity contribution in [1.82, 2.24) is 19.7 Å². The second kappa shape index (κ2) is 5.07. The summed E-state index contributed by atoms with van der Waals surface area (Å²) in [5.41, 5.74) is 0.364. The molecule has 94 valence electrons. The van der Waals surface area contributed by atoms with Crippen LogP contribution in [0.2, 0.25) is 5.02 Å². The van der Waals surface area contributed by atoms with E-state index in [0.717, 1.165) is 0 Å². The van der Waals surface area contributed by atoms with E-state index in [9.17, 15) is 4.79 Å². The Bertz CT molecular complexity index is 596. The number of amides is 1. The van der Waals surface area contributed by atoms with Crippen molar-refractivity contribution in [2.45, 2.75) is 0 Å². The highest BCUT2D eigenvalue weighted by Crippen LogP contribution is 2.21. The van der Waals surface area contributed by atoms with Gasteiger partial charge in [0.2, 0.25) is 0 Å². The van der Waals surface area contributed by atoms with Crippen molar-refractivity contribution in [2.75, 3.05) is 14.1 Å². The van der Waals surface area contributed by atoms with Gasteiger partial charge < -0.3 is 4.90 Å². The molecule has 2 aromatic rings. The largest absolute Gasteiger partial charge is 0.343 e. The lowest BCUT2D eigenvalue weighted by molar-refractivity contribution is 0.0821. The molecular formula is C11H10BrClN4O. The smallest absolute Gasteiger partial charge is 0.273 e. The Morgan fingerprint density at radius 3 is 2.83 bits per heavy atom. The Morgan fingerprint density at radius 2 is 2.22 bits per heavy atom. The standard InChI is InChI=1S/C11H10BrClN4O/c1-16(2)11(18)9-3-4-17(15-9)10-8(12)5-7(13)6-14-10/h3-6H,1-2H3. The number of rotatable bonds is 2. The molecule has 0 aliphatic carbocycles. The van der Waals surface area contributed by atoms with Crippen molar-refractivity contribution in [3.05, 3.63) is 39.7 Å². The summed E-state index contributed by atoms with van der Waals surface area (Å²) in [6.45, 7) is 0. The van der Waals surface area contributed by atoms with Gasteiger partial charge in [-0.15, -0.1) is 0 Å². The molecule has 2 heterocycles. The molecule has 1 amide bonds. The minimum atomic E-state index is -0.154. The molecule has 7 heteroatoms. The highest BCUT2D eigenvalue weighted by atomic mass is 79.9. The van der Waals surface area contributed by atoms with E-state index in [-0.39, 0.29) is 5.91 Å². The van der Waals surface area contributed by atoms with Crippen LogP contribution in [0.15, 0.2) is 29.0 Å². The molecule has 2 aromatic heterocycles. The lowest BCUT2D eigenvalue weighted by Crippen LogP contribution is -2.22. The van der Waals surface area contributed by atoms with Crippen molar-refractivity contribution < 1.29 is 4.79 Å². The zero-order chi connectivity index (χ0) is 13.3. The van der Waals surface area contributed by atoms with E-state index in [0.29, 0.717) is 21.0 Å². The predicted molar refractivity (Wildman–Crippen MR) is 72.1 cm³/mol. The number of pyridine rings is 1. The third kappa shape index (κ3) is 2.54. The van der Waals surface area contributed by atoms with E-state index in [1.54, 1.807) is 32.4 Å². The van der Waals surface area contributed by atoms with Gasteiger partial charge in [-0.3, -0.25) is 4.79 Å². The van der Waals surface area contributed by atoms with Gasteiger partial charge in [-0.1, -0.05) is 11.6 Å². The van der Waals surface area contributed by atoms with Crippen LogP contribution in [-0.2, 0) is 0 Å². The molecule has 18 heavy (non-hydrogen) atoms. The second-order valence-electron chi connectivity index (χ2n) is 3.80. The predicted octanol–water partition coefficient (Wildman–Crippen LogP) is 2.39. The maximum atomic E-state index is 11.7. The van der Waals surface area contributed by atoms with Crippen molar-refractivity contribution in [1.29, 1.82) is 0 Å². The molecule has 0 unspecified atom stereocenters. The first-order valence-corrected chi connectivity index (χ1v) is 6.25. The topological polar surface area (TPSA) is 51.0 Å². The number of nitrogens with zero attached hydrogens (tertiary/aromatic N) is 4. The average molecular weight is 330 g/mol. The minimum absolute atomic E-state index is 0.154. The van der Waals surface area contributed by atoms with E-state index < -0.39 is 0 Å². The number of hydrogen-bond acceptors (Lipinski definition) is 3. The van der Waals surface area contributed by atoms with Gasteiger partial charge in [0.05, 0.1) is 9.50 Å². The average Bonchev–Trinajstić information content (AvgIpc) is 2.77. The van der Waals surface area contributed by atoms with Crippen molar-refractivity contribution in [3.63, 3.8) is 0 Å². The number of hydrogen-bond donors (Lipinski definition) is 0. The van der Waals surface area contributed by atoms with Crippen LogP contribution in [-0.4, -0.2) is 39.7 Å². The molecule has 5 nitrogen and oxygen atoms in total. The van der Waals surface area contributed by atoms with Gasteiger partial charge in [0.25, 0.3) is 5.91 Å². The summed E-state index contributed by atoms with van der Waals surface area (Å²) in [4.78, 5) is 17.4. The fourth-order valence-corrected chi connectivity index (χ4v) is 2.18. The van der Waals surface area contributed by atoms with Crippen molar-refractivity contribution in [3.8, 4) is 5.82 Å². The van der Waals surface area contributed by atoms with E-state index in [2.05, 4.69) is 26.0 Å². The summed E-state index contributed by atoms with van der Waals surface area (Å²) in [6, 6.07) is 3.37. The van der Waals surface area contributed by atoms with E-state index in [1.165, 1.54) is 15.8 Å². The maximum Gasteiger partial charge on any atom is 0.273 e. The highest BCUT2D eigenvalue weighted by molar-refractivity contribution is 9.10. The van der Waals surface area contributed by atoms with Gasteiger partial charge in [-0.2, -0.15) is 5.10 Å². The van der Waals surface area contributed by atoms with Gasteiger partial charge in [0, 0.05) is 26.5 Å². The van der Waals surface area contributed by atoms with E-state index >= 15 is 0 Å². The molecule has 0 aliphatic rings. The summed E-state index contributed by atoms with van der Waals surface area (Å²) in [6.07, 6.45) is 3.20. The molecule has 0 bridgehead atoms. The van der Waals surface area contributed by atoms with Gasteiger partial charge in [0.15, 0.2) is 11.5 Å². The third-order valence-corrected chi connectivity index (χ3v) is 3.01. The number of carbonyl (C=O) groups is 1. The van der Waals surface area contributed by atoms with Crippen LogP contribution in [0.1, 0.15) is 10.5 Å². The van der Waals surface area contributed by atoms with Gasteiger partial charge in [-0.25, -0.2) is 9.67 Å². The van der Waals surface area contributed by atoms with Gasteiger partial charge in [-0.05, 0) is 28.1 Å². The molecule has 0 spiro atoms. The molecule has 0 aliphatic heterocycles. The Balaban J connectivity index is 2.38. The molecule has 0 saturated heterocycles. The Morgan fingerprint density at radius 1 is 1.50 bits per heavy atom. The summed E-state index contributed by atoms with van der Waals surface area (Å²) in [7, 11) is 3.36. The zero-order valence-corrected chi connectivity index (χ0v) is 12.1. The molecule has 0 atom stereocenters.